The number of anilines is 1. The molecule has 1 saturated heterocycles. The lowest BCUT2D eigenvalue weighted by Crippen LogP contribution is -2.33. The smallest absolute Gasteiger partial charge is 0.342 e. The van der Waals surface area contributed by atoms with Gasteiger partial charge in [0.25, 0.3) is 5.95 Å². The van der Waals surface area contributed by atoms with Gasteiger partial charge in [0, 0.05) is 12.4 Å². The number of fused-ring (bicyclic) bond motifs is 1. The molecule has 3 aromatic heterocycles. The number of aryl methyl sites for hydroxylation is 1. The van der Waals surface area contributed by atoms with Gasteiger partial charge in [0.2, 0.25) is 0 Å². The van der Waals surface area contributed by atoms with Crippen LogP contribution < -0.4 is 5.32 Å². The third kappa shape index (κ3) is 5.35. The number of nitrogens with one attached hydrogen (secondary N) is 1. The van der Waals surface area contributed by atoms with E-state index in [0.717, 1.165) is 6.20 Å². The van der Waals surface area contributed by atoms with Crippen LogP contribution in [0.4, 0.5) is 5.82 Å². The zero-order valence-corrected chi connectivity index (χ0v) is 21.2. The van der Waals surface area contributed by atoms with Crippen molar-refractivity contribution in [1.82, 2.24) is 29.3 Å². The number of carbonyl (C=O) groups is 3. The van der Waals surface area contributed by atoms with Gasteiger partial charge in [0.05, 0.1) is 31.8 Å². The van der Waals surface area contributed by atoms with Crippen molar-refractivity contribution in [2.24, 2.45) is 0 Å². The normalized spacial score (nSPS) is 21.2. The molecule has 0 saturated carbocycles. The molecule has 1 aliphatic heterocycles. The van der Waals surface area contributed by atoms with Crippen LogP contribution in [0.5, 0.6) is 0 Å². The van der Waals surface area contributed by atoms with Crippen molar-refractivity contribution >= 4 is 35.2 Å². The first kappa shape index (κ1) is 27.8. The fourth-order valence-electron chi connectivity index (χ4n) is 3.88. The van der Waals surface area contributed by atoms with Crippen LogP contribution in [0, 0.1) is 6.92 Å². The monoisotopic (exact) mass is 545 g/mol. The largest absolute Gasteiger partial charge is 0.462 e. The number of aliphatic hydroxyl groups excluding tert-OH is 3. The molecule has 4 heterocycles. The molecule has 1 fully saturated rings. The summed E-state index contributed by atoms with van der Waals surface area (Å²) in [6.45, 7) is 4.54. The lowest BCUT2D eigenvalue weighted by molar-refractivity contribution is -0.139. The fourth-order valence-corrected chi connectivity index (χ4v) is 3.88. The van der Waals surface area contributed by atoms with Gasteiger partial charge in [0.15, 0.2) is 29.5 Å². The second-order valence-corrected chi connectivity index (χ2v) is 8.30. The van der Waals surface area contributed by atoms with E-state index >= 15 is 0 Å². The minimum absolute atomic E-state index is 0.0231. The van der Waals surface area contributed by atoms with Crippen molar-refractivity contribution < 1.29 is 43.9 Å². The molecule has 4 rings (SSSR count). The summed E-state index contributed by atoms with van der Waals surface area (Å²) >= 11 is 0. The van der Waals surface area contributed by atoms with Gasteiger partial charge >= 0.3 is 11.9 Å². The van der Waals surface area contributed by atoms with E-state index in [1.165, 1.54) is 21.8 Å². The van der Waals surface area contributed by atoms with Crippen LogP contribution in [0.1, 0.15) is 36.1 Å². The Morgan fingerprint density at radius 2 is 1.92 bits per heavy atom. The van der Waals surface area contributed by atoms with Crippen molar-refractivity contribution in [3.63, 3.8) is 0 Å². The number of carbonyl (C=O) groups excluding carboxylic acids is 3. The standard InChI is InChI=1S/C23H27N7O9/c1-4-37-21(35)12(8-31)6-24-18-15-19(29(10-25-15)20-17(34)16(33)14(9-32)39-20)27-23(26-18)30-7-13(11(3)28-30)22(36)38-5-2/h6-8,10,14,16-17,20,32-34H,4-5,9H2,1-3H3,(H,24,26,27)/b12-6-/t14-,16-,17-,20?/m1/s1. The van der Waals surface area contributed by atoms with Gasteiger partial charge in [-0.3, -0.25) is 9.36 Å². The number of nitrogens with zero attached hydrogens (tertiary/aromatic N) is 6. The van der Waals surface area contributed by atoms with E-state index in [9.17, 15) is 29.7 Å². The molecule has 0 aromatic carbocycles. The van der Waals surface area contributed by atoms with E-state index in [1.807, 2.05) is 0 Å². The highest BCUT2D eigenvalue weighted by atomic mass is 16.6. The van der Waals surface area contributed by atoms with Gasteiger partial charge in [-0.05, 0) is 20.8 Å². The molecule has 3 aromatic rings. The van der Waals surface area contributed by atoms with Crippen LogP contribution in [0.3, 0.4) is 0 Å². The van der Waals surface area contributed by atoms with Crippen molar-refractivity contribution in [3.8, 4) is 5.95 Å². The fraction of sp³-hybridized carbons (Fsp3) is 0.435. The van der Waals surface area contributed by atoms with Crippen LogP contribution in [0.2, 0.25) is 0 Å². The Labute approximate surface area is 220 Å². The number of rotatable bonds is 10. The number of aliphatic hydroxyl groups is 3. The first-order valence-corrected chi connectivity index (χ1v) is 11.9. The molecule has 0 radical (unpaired) electrons. The molecule has 4 atom stereocenters. The van der Waals surface area contributed by atoms with Crippen LogP contribution in [-0.2, 0) is 23.8 Å². The van der Waals surface area contributed by atoms with Gasteiger partial charge in [-0.2, -0.15) is 15.1 Å². The maximum atomic E-state index is 12.3. The van der Waals surface area contributed by atoms with E-state index in [1.54, 1.807) is 20.8 Å². The van der Waals surface area contributed by atoms with E-state index in [4.69, 9.17) is 14.2 Å². The second-order valence-electron chi connectivity index (χ2n) is 8.30. The number of hydrogen-bond donors (Lipinski definition) is 4. The summed E-state index contributed by atoms with van der Waals surface area (Å²) in [4.78, 5) is 48.9. The van der Waals surface area contributed by atoms with Crippen molar-refractivity contribution in [3.05, 3.63) is 35.6 Å². The third-order valence-electron chi connectivity index (χ3n) is 5.80. The Balaban J connectivity index is 1.84. The Kier molecular flexibility index (Phi) is 8.29. The molecule has 16 heteroatoms. The SMILES string of the molecule is CCOC(=O)/C(C=O)=C\Nc1nc(-n2cc(C(=O)OCC)c(C)n2)nc2c1ncn2C1O[C@H](CO)[C@@H](O)[C@H]1O. The van der Waals surface area contributed by atoms with E-state index < -0.39 is 43.1 Å². The lowest BCUT2D eigenvalue weighted by atomic mass is 10.1. The van der Waals surface area contributed by atoms with E-state index in [2.05, 4.69) is 25.4 Å². The minimum atomic E-state index is -1.43. The minimum Gasteiger partial charge on any atom is -0.462 e. The summed E-state index contributed by atoms with van der Waals surface area (Å²) in [7, 11) is 0. The summed E-state index contributed by atoms with van der Waals surface area (Å²) < 4.78 is 18.1. The highest BCUT2D eigenvalue weighted by Crippen LogP contribution is 2.32. The first-order valence-electron chi connectivity index (χ1n) is 11.9. The number of esters is 2. The number of hydrogen-bond acceptors (Lipinski definition) is 14. The zero-order chi connectivity index (χ0) is 28.3. The molecule has 0 spiro atoms. The third-order valence-corrected chi connectivity index (χ3v) is 5.80. The van der Waals surface area contributed by atoms with Crippen molar-refractivity contribution in [2.75, 3.05) is 25.1 Å². The molecule has 0 aliphatic carbocycles. The van der Waals surface area contributed by atoms with Crippen LogP contribution >= 0.6 is 0 Å². The van der Waals surface area contributed by atoms with Crippen LogP contribution in [0.15, 0.2) is 24.3 Å². The van der Waals surface area contributed by atoms with E-state index in [0.29, 0.717) is 12.0 Å². The quantitative estimate of drug-likeness (QED) is 0.0805. The highest BCUT2D eigenvalue weighted by molar-refractivity contribution is 6.08. The molecule has 0 amide bonds. The molecule has 16 nitrogen and oxygen atoms in total. The average Bonchev–Trinajstić information content (AvgIpc) is 3.60. The summed E-state index contributed by atoms with van der Waals surface area (Å²) in [5.74, 6) is -1.49. The van der Waals surface area contributed by atoms with Gasteiger partial charge < -0.3 is 34.8 Å². The van der Waals surface area contributed by atoms with Gasteiger partial charge in [-0.1, -0.05) is 0 Å². The highest BCUT2D eigenvalue weighted by Gasteiger charge is 2.44. The van der Waals surface area contributed by atoms with Crippen molar-refractivity contribution in [2.45, 2.75) is 45.3 Å². The van der Waals surface area contributed by atoms with Gasteiger partial charge in [-0.15, -0.1) is 0 Å². The molecule has 208 valence electrons. The van der Waals surface area contributed by atoms with Crippen LogP contribution in [0.25, 0.3) is 17.1 Å². The topological polar surface area (TPSA) is 213 Å². The maximum Gasteiger partial charge on any atom is 0.342 e. The predicted molar refractivity (Wildman–Crippen MR) is 131 cm³/mol. The Hall–Kier alpha value is -4.25. The molecule has 39 heavy (non-hydrogen) atoms. The average molecular weight is 546 g/mol. The first-order chi connectivity index (χ1) is 18.7. The molecule has 4 N–H and O–H groups in total. The number of aldehydes is 1. The summed E-state index contributed by atoms with van der Waals surface area (Å²) in [6.07, 6.45) is -0.982. The number of aromatic nitrogens is 6. The Morgan fingerprint density at radius 3 is 2.56 bits per heavy atom. The maximum absolute atomic E-state index is 12.3. The zero-order valence-electron chi connectivity index (χ0n) is 21.2. The molecular formula is C23H27N7O9. The molecule has 0 bridgehead atoms. The number of ether oxygens (including phenoxy) is 3. The van der Waals surface area contributed by atoms with Gasteiger partial charge in [0.1, 0.15) is 29.4 Å². The van der Waals surface area contributed by atoms with Gasteiger partial charge in [-0.25, -0.2) is 19.3 Å². The summed E-state index contributed by atoms with van der Waals surface area (Å²) in [6, 6.07) is 0. The lowest BCUT2D eigenvalue weighted by Gasteiger charge is -2.17. The molecular weight excluding hydrogens is 518 g/mol. The second kappa shape index (κ2) is 11.6. The Morgan fingerprint density at radius 1 is 1.18 bits per heavy atom. The molecule has 1 aliphatic rings. The summed E-state index contributed by atoms with van der Waals surface area (Å²) in [5.41, 5.74) is 0.427. The Bertz CT molecular complexity index is 1420. The predicted octanol–water partition coefficient (Wildman–Crippen LogP) is -0.834. The molecule has 1 unspecified atom stereocenters. The van der Waals surface area contributed by atoms with Crippen LogP contribution in [-0.4, -0.2) is 101 Å². The number of imidazole rings is 1. The van der Waals surface area contributed by atoms with E-state index in [-0.39, 0.29) is 47.3 Å². The summed E-state index contributed by atoms with van der Waals surface area (Å²) in [5, 5.41) is 37.3. The van der Waals surface area contributed by atoms with Crippen molar-refractivity contribution in [1.29, 1.82) is 0 Å².